The molecule has 1 N–H and O–H groups in total. The lowest BCUT2D eigenvalue weighted by molar-refractivity contribution is -0.160. The van der Waals surface area contributed by atoms with Gasteiger partial charge in [-0.2, -0.15) is 0 Å². The Hall–Kier alpha value is -0.830. The Bertz CT molecular complexity index is 194. The fraction of sp³-hybridized carbons (Fsp3) is 0.667. The highest BCUT2D eigenvalue weighted by Crippen LogP contribution is 2.18. The topological polar surface area (TPSA) is 46.5 Å². The van der Waals surface area contributed by atoms with Gasteiger partial charge < -0.3 is 9.84 Å². The largest absolute Gasteiger partial charge is 0.433 e. The average molecular weight is 170 g/mol. The zero-order valence-corrected chi connectivity index (χ0v) is 7.25. The van der Waals surface area contributed by atoms with Crippen molar-refractivity contribution in [3.8, 4) is 0 Å². The van der Waals surface area contributed by atoms with Gasteiger partial charge in [-0.1, -0.05) is 6.08 Å². The molecule has 3 nitrogen and oxygen atoms in total. The van der Waals surface area contributed by atoms with Crippen molar-refractivity contribution in [1.29, 1.82) is 0 Å². The van der Waals surface area contributed by atoms with E-state index in [0.29, 0.717) is 5.57 Å². The third-order valence-corrected chi connectivity index (χ3v) is 1.83. The summed E-state index contributed by atoms with van der Waals surface area (Å²) >= 11 is 0. The highest BCUT2D eigenvalue weighted by atomic mass is 16.6. The third kappa shape index (κ3) is 2.66. The maximum absolute atomic E-state index is 11.2. The Kier molecular flexibility index (Phi) is 3.29. The summed E-state index contributed by atoms with van der Waals surface area (Å²) in [5.74, 6) is -0.371. The van der Waals surface area contributed by atoms with Crippen LogP contribution < -0.4 is 0 Å². The van der Waals surface area contributed by atoms with Gasteiger partial charge in [-0.05, 0) is 32.6 Å². The van der Waals surface area contributed by atoms with Crippen LogP contribution in [0.1, 0.15) is 32.6 Å². The number of allylic oxidation sites excluding steroid dienone is 1. The van der Waals surface area contributed by atoms with E-state index < -0.39 is 6.29 Å². The van der Waals surface area contributed by atoms with Crippen molar-refractivity contribution < 1.29 is 14.6 Å². The van der Waals surface area contributed by atoms with Gasteiger partial charge in [0.25, 0.3) is 0 Å². The van der Waals surface area contributed by atoms with E-state index >= 15 is 0 Å². The van der Waals surface area contributed by atoms with Gasteiger partial charge >= 0.3 is 5.97 Å². The van der Waals surface area contributed by atoms with Crippen molar-refractivity contribution >= 4 is 5.97 Å². The Morgan fingerprint density at radius 3 is 2.92 bits per heavy atom. The number of carbonyl (C=O) groups is 1. The summed E-state index contributed by atoms with van der Waals surface area (Å²) in [6.07, 6.45) is 4.82. The zero-order chi connectivity index (χ0) is 8.97. The molecule has 0 aliphatic heterocycles. The van der Waals surface area contributed by atoms with Gasteiger partial charge in [0.2, 0.25) is 0 Å². The molecule has 1 unspecified atom stereocenters. The van der Waals surface area contributed by atoms with Gasteiger partial charge in [-0.15, -0.1) is 0 Å². The van der Waals surface area contributed by atoms with E-state index in [-0.39, 0.29) is 5.97 Å². The molecule has 1 aliphatic rings. The zero-order valence-electron chi connectivity index (χ0n) is 7.25. The molecule has 0 radical (unpaired) electrons. The molecule has 1 aliphatic carbocycles. The summed E-state index contributed by atoms with van der Waals surface area (Å²) in [6.45, 7) is 1.43. The number of carbonyl (C=O) groups excluding carboxylic acids is 1. The van der Waals surface area contributed by atoms with E-state index in [1.807, 2.05) is 6.08 Å². The second-order valence-electron chi connectivity index (χ2n) is 2.98. The molecule has 0 saturated heterocycles. The van der Waals surface area contributed by atoms with Crippen molar-refractivity contribution in [2.75, 3.05) is 0 Å². The van der Waals surface area contributed by atoms with Gasteiger partial charge in [-0.25, -0.2) is 4.79 Å². The molecule has 0 aromatic heterocycles. The Morgan fingerprint density at radius 1 is 1.67 bits per heavy atom. The van der Waals surface area contributed by atoms with Gasteiger partial charge in [-0.3, -0.25) is 0 Å². The quantitative estimate of drug-likeness (QED) is 0.503. The summed E-state index contributed by atoms with van der Waals surface area (Å²) < 4.78 is 4.64. The lowest BCUT2D eigenvalue weighted by Gasteiger charge is -2.12. The van der Waals surface area contributed by atoms with Crippen LogP contribution in [0.15, 0.2) is 11.6 Å². The number of hydrogen-bond donors (Lipinski definition) is 1. The van der Waals surface area contributed by atoms with Gasteiger partial charge in [0, 0.05) is 5.57 Å². The Morgan fingerprint density at radius 2 is 2.42 bits per heavy atom. The van der Waals surface area contributed by atoms with E-state index in [2.05, 4.69) is 4.74 Å². The van der Waals surface area contributed by atoms with Crippen LogP contribution in [0.3, 0.4) is 0 Å². The number of aliphatic hydroxyl groups excluding tert-OH is 1. The lowest BCUT2D eigenvalue weighted by Crippen LogP contribution is -2.16. The molecule has 12 heavy (non-hydrogen) atoms. The smallest absolute Gasteiger partial charge is 0.335 e. The minimum Gasteiger partial charge on any atom is -0.433 e. The van der Waals surface area contributed by atoms with Crippen molar-refractivity contribution in [1.82, 2.24) is 0 Å². The number of ether oxygens (including phenoxy) is 1. The second kappa shape index (κ2) is 4.26. The summed E-state index contributed by atoms with van der Waals surface area (Å²) in [5, 5.41) is 8.78. The SMILES string of the molecule is CC(O)OC(=O)C1=CCCCC1. The van der Waals surface area contributed by atoms with Crippen LogP contribution in [0.5, 0.6) is 0 Å². The highest BCUT2D eigenvalue weighted by Gasteiger charge is 2.14. The Balaban J connectivity index is 2.45. The lowest BCUT2D eigenvalue weighted by atomic mass is 10.00. The first-order valence-electron chi connectivity index (χ1n) is 4.28. The molecule has 3 heteroatoms. The van der Waals surface area contributed by atoms with Crippen LogP contribution in [-0.4, -0.2) is 17.4 Å². The standard InChI is InChI=1S/C9H14O3/c1-7(10)12-9(11)8-5-3-2-4-6-8/h5,7,10H,2-4,6H2,1H3. The van der Waals surface area contributed by atoms with Crippen molar-refractivity contribution in [2.45, 2.75) is 38.9 Å². The van der Waals surface area contributed by atoms with E-state index in [1.165, 1.54) is 6.92 Å². The monoisotopic (exact) mass is 170 g/mol. The minimum atomic E-state index is -1.000. The number of hydrogen-bond acceptors (Lipinski definition) is 3. The number of rotatable bonds is 2. The van der Waals surface area contributed by atoms with Crippen molar-refractivity contribution in [2.24, 2.45) is 0 Å². The van der Waals surface area contributed by atoms with Crippen molar-refractivity contribution in [3.05, 3.63) is 11.6 Å². The molecule has 0 fully saturated rings. The predicted molar refractivity (Wildman–Crippen MR) is 44.3 cm³/mol. The summed E-state index contributed by atoms with van der Waals surface area (Å²) in [4.78, 5) is 11.2. The van der Waals surface area contributed by atoms with Gasteiger partial charge in [0.1, 0.15) is 0 Å². The molecule has 0 spiro atoms. The van der Waals surface area contributed by atoms with Crippen LogP contribution in [0, 0.1) is 0 Å². The summed E-state index contributed by atoms with van der Waals surface area (Å²) in [7, 11) is 0. The first kappa shape index (κ1) is 9.26. The van der Waals surface area contributed by atoms with E-state index in [0.717, 1.165) is 25.7 Å². The summed E-state index contributed by atoms with van der Waals surface area (Å²) in [6, 6.07) is 0. The van der Waals surface area contributed by atoms with Gasteiger partial charge in [0.15, 0.2) is 6.29 Å². The fourth-order valence-corrected chi connectivity index (χ4v) is 1.25. The van der Waals surface area contributed by atoms with Crippen molar-refractivity contribution in [3.63, 3.8) is 0 Å². The first-order chi connectivity index (χ1) is 5.70. The number of aliphatic hydroxyl groups is 1. The molecule has 0 heterocycles. The minimum absolute atomic E-state index is 0.371. The Labute approximate surface area is 72.0 Å². The fourth-order valence-electron chi connectivity index (χ4n) is 1.25. The average Bonchev–Trinajstić information content (AvgIpc) is 2.05. The van der Waals surface area contributed by atoms with Crippen LogP contribution in [0.2, 0.25) is 0 Å². The van der Waals surface area contributed by atoms with Gasteiger partial charge in [0.05, 0.1) is 0 Å². The molecule has 68 valence electrons. The number of esters is 1. The summed E-state index contributed by atoms with van der Waals surface area (Å²) in [5.41, 5.74) is 0.710. The highest BCUT2D eigenvalue weighted by molar-refractivity contribution is 5.88. The molecule has 0 bridgehead atoms. The molecule has 0 saturated carbocycles. The van der Waals surface area contributed by atoms with E-state index in [9.17, 15) is 4.79 Å². The first-order valence-corrected chi connectivity index (χ1v) is 4.28. The third-order valence-electron chi connectivity index (χ3n) is 1.83. The predicted octanol–water partition coefficient (Wildman–Crippen LogP) is 1.37. The van der Waals surface area contributed by atoms with Crippen LogP contribution in [0.25, 0.3) is 0 Å². The maximum atomic E-state index is 11.2. The van der Waals surface area contributed by atoms with E-state index in [4.69, 9.17) is 5.11 Å². The molecule has 0 aromatic rings. The van der Waals surface area contributed by atoms with Crippen LogP contribution in [-0.2, 0) is 9.53 Å². The van der Waals surface area contributed by atoms with E-state index in [1.54, 1.807) is 0 Å². The molecule has 0 aromatic carbocycles. The van der Waals surface area contributed by atoms with Crippen LogP contribution in [0.4, 0.5) is 0 Å². The van der Waals surface area contributed by atoms with Crippen LogP contribution >= 0.6 is 0 Å². The molecule has 1 rings (SSSR count). The normalized spacial score (nSPS) is 19.7. The molecule has 0 amide bonds. The molecular weight excluding hydrogens is 156 g/mol. The molecular formula is C9H14O3. The second-order valence-corrected chi connectivity index (χ2v) is 2.98. The maximum Gasteiger partial charge on any atom is 0.335 e. The molecule has 1 atom stereocenters.